The van der Waals surface area contributed by atoms with Crippen molar-refractivity contribution in [3.05, 3.63) is 86.6 Å². The van der Waals surface area contributed by atoms with E-state index >= 15 is 0 Å². The molecule has 8 heteroatoms. The number of ether oxygens (including phenoxy) is 1. The number of rotatable bonds is 7. The zero-order valence-corrected chi connectivity index (χ0v) is 16.9. The van der Waals surface area contributed by atoms with Crippen molar-refractivity contribution in [2.24, 2.45) is 0 Å². The van der Waals surface area contributed by atoms with Gasteiger partial charge in [-0.15, -0.1) is 0 Å². The Morgan fingerprint density at radius 1 is 1.07 bits per heavy atom. The number of hydrogen-bond donors (Lipinski definition) is 2. The van der Waals surface area contributed by atoms with Crippen molar-refractivity contribution in [1.29, 1.82) is 0 Å². The van der Waals surface area contributed by atoms with Gasteiger partial charge >= 0.3 is 5.69 Å². The summed E-state index contributed by atoms with van der Waals surface area (Å²) in [6, 6.07) is 16.7. The Morgan fingerprint density at radius 2 is 1.73 bits per heavy atom. The van der Waals surface area contributed by atoms with Gasteiger partial charge in [0.05, 0.1) is 13.7 Å². The number of methoxy groups -OCH3 is 1. The van der Waals surface area contributed by atoms with Crippen LogP contribution in [0.4, 0.5) is 11.5 Å². The Hall–Kier alpha value is -3.81. The highest BCUT2D eigenvalue weighted by molar-refractivity contribution is 5.95. The van der Waals surface area contributed by atoms with E-state index in [0.29, 0.717) is 6.42 Å². The van der Waals surface area contributed by atoms with Crippen LogP contribution < -0.4 is 26.6 Å². The summed E-state index contributed by atoms with van der Waals surface area (Å²) in [7, 11) is 3.07. The van der Waals surface area contributed by atoms with Crippen LogP contribution in [0.1, 0.15) is 17.5 Å². The van der Waals surface area contributed by atoms with Gasteiger partial charge in [0, 0.05) is 13.5 Å². The molecule has 0 fully saturated rings. The number of nitrogens with zero attached hydrogens (tertiary/aromatic N) is 2. The van der Waals surface area contributed by atoms with Crippen LogP contribution in [0.2, 0.25) is 0 Å². The number of nitrogens with one attached hydrogen (secondary N) is 1. The Labute approximate surface area is 173 Å². The molecule has 0 aliphatic rings. The second-order valence-corrected chi connectivity index (χ2v) is 6.87. The summed E-state index contributed by atoms with van der Waals surface area (Å²) in [5.41, 5.74) is 6.61. The van der Waals surface area contributed by atoms with E-state index in [4.69, 9.17) is 10.5 Å². The Bertz CT molecular complexity index is 1130. The highest BCUT2D eigenvalue weighted by Crippen LogP contribution is 2.18. The number of nitrogens with two attached hydrogens (primary N) is 1. The maximum atomic E-state index is 12.7. The molecule has 0 aliphatic heterocycles. The number of aromatic amines is 1. The summed E-state index contributed by atoms with van der Waals surface area (Å²) >= 11 is 0. The van der Waals surface area contributed by atoms with Crippen molar-refractivity contribution >= 4 is 17.4 Å². The van der Waals surface area contributed by atoms with Gasteiger partial charge in [-0.25, -0.2) is 4.79 Å². The standard InChI is InChI=1S/C22H24N4O4/c1-25(18(27)13-10-15-8-11-17(30-2)12-9-15)19-20(23)26(22(29)24-21(19)28)14-16-6-4-3-5-7-16/h3-9,11-12H,10,13-14,23H2,1-2H3,(H,24,28,29). The zero-order chi connectivity index (χ0) is 21.7. The van der Waals surface area contributed by atoms with Gasteiger partial charge < -0.3 is 15.4 Å². The molecule has 30 heavy (non-hydrogen) atoms. The molecular weight excluding hydrogens is 384 g/mol. The third kappa shape index (κ3) is 4.60. The van der Waals surface area contributed by atoms with Crippen LogP contribution in [0.15, 0.2) is 64.2 Å². The van der Waals surface area contributed by atoms with Gasteiger partial charge in [0.25, 0.3) is 5.56 Å². The molecule has 1 amide bonds. The Kier molecular flexibility index (Phi) is 6.36. The van der Waals surface area contributed by atoms with Gasteiger partial charge in [-0.1, -0.05) is 42.5 Å². The number of carbonyl (C=O) groups is 1. The molecule has 0 saturated heterocycles. The lowest BCUT2D eigenvalue weighted by Gasteiger charge is -2.20. The van der Waals surface area contributed by atoms with E-state index in [9.17, 15) is 14.4 Å². The van der Waals surface area contributed by atoms with Crippen LogP contribution in [-0.4, -0.2) is 29.6 Å². The van der Waals surface area contributed by atoms with Gasteiger partial charge in [0.15, 0.2) is 5.69 Å². The summed E-state index contributed by atoms with van der Waals surface area (Å²) in [6.45, 7) is 0.184. The molecule has 3 aromatic rings. The molecule has 1 aromatic heterocycles. The lowest BCUT2D eigenvalue weighted by atomic mass is 10.1. The third-order valence-corrected chi connectivity index (χ3v) is 4.89. The van der Waals surface area contributed by atoms with E-state index in [2.05, 4.69) is 4.98 Å². The fourth-order valence-corrected chi connectivity index (χ4v) is 3.16. The largest absolute Gasteiger partial charge is 0.497 e. The lowest BCUT2D eigenvalue weighted by Crippen LogP contribution is -2.39. The average Bonchev–Trinajstić information content (AvgIpc) is 2.75. The SMILES string of the molecule is COc1ccc(CCC(=O)N(C)c2c(N)n(Cc3ccccc3)c(=O)[nH]c2=O)cc1. The fraction of sp³-hybridized carbons (Fsp3) is 0.227. The molecule has 0 aliphatic carbocycles. The van der Waals surface area contributed by atoms with Crippen LogP contribution in [0.25, 0.3) is 0 Å². The normalized spacial score (nSPS) is 10.6. The summed E-state index contributed by atoms with van der Waals surface area (Å²) < 4.78 is 6.37. The quantitative estimate of drug-likeness (QED) is 0.619. The van der Waals surface area contributed by atoms with Gasteiger partial charge in [0.1, 0.15) is 11.6 Å². The van der Waals surface area contributed by atoms with E-state index < -0.39 is 11.2 Å². The number of aromatic nitrogens is 2. The third-order valence-electron chi connectivity index (χ3n) is 4.89. The van der Waals surface area contributed by atoms with Crippen LogP contribution in [-0.2, 0) is 17.8 Å². The van der Waals surface area contributed by atoms with Crippen LogP contribution in [0, 0.1) is 0 Å². The van der Waals surface area contributed by atoms with E-state index in [0.717, 1.165) is 16.9 Å². The Balaban J connectivity index is 1.81. The number of anilines is 2. The smallest absolute Gasteiger partial charge is 0.330 e. The maximum Gasteiger partial charge on any atom is 0.330 e. The van der Waals surface area contributed by atoms with E-state index in [1.807, 2.05) is 54.6 Å². The second kappa shape index (κ2) is 9.13. The van der Waals surface area contributed by atoms with Gasteiger partial charge in [0.2, 0.25) is 5.91 Å². The summed E-state index contributed by atoms with van der Waals surface area (Å²) in [5.74, 6) is 0.406. The minimum atomic E-state index is -0.692. The first-order valence-corrected chi connectivity index (χ1v) is 9.46. The molecule has 0 bridgehead atoms. The molecule has 0 radical (unpaired) electrons. The van der Waals surface area contributed by atoms with Crippen LogP contribution in [0.5, 0.6) is 5.75 Å². The summed E-state index contributed by atoms with van der Waals surface area (Å²) in [4.78, 5) is 40.9. The first kappa shape index (κ1) is 20.9. The average molecular weight is 408 g/mol. The molecule has 1 heterocycles. The lowest BCUT2D eigenvalue weighted by molar-refractivity contribution is -0.118. The predicted octanol–water partition coefficient (Wildman–Crippen LogP) is 1.77. The molecule has 8 nitrogen and oxygen atoms in total. The fourth-order valence-electron chi connectivity index (χ4n) is 3.16. The molecule has 0 saturated carbocycles. The second-order valence-electron chi connectivity index (χ2n) is 6.87. The summed E-state index contributed by atoms with van der Waals surface area (Å²) in [6.07, 6.45) is 0.675. The Morgan fingerprint density at radius 3 is 2.37 bits per heavy atom. The minimum absolute atomic E-state index is 0.0368. The van der Waals surface area contributed by atoms with E-state index in [1.54, 1.807) is 7.11 Å². The monoisotopic (exact) mass is 408 g/mol. The molecule has 156 valence electrons. The van der Waals surface area contributed by atoms with E-state index in [1.165, 1.54) is 16.5 Å². The highest BCUT2D eigenvalue weighted by Gasteiger charge is 2.21. The van der Waals surface area contributed by atoms with Crippen molar-refractivity contribution in [3.8, 4) is 5.75 Å². The van der Waals surface area contributed by atoms with Crippen LogP contribution >= 0.6 is 0 Å². The maximum absolute atomic E-state index is 12.7. The number of nitrogen functional groups attached to an aromatic ring is 1. The first-order chi connectivity index (χ1) is 14.4. The first-order valence-electron chi connectivity index (χ1n) is 9.46. The number of hydrogen-bond acceptors (Lipinski definition) is 5. The van der Waals surface area contributed by atoms with Gasteiger partial charge in [-0.05, 0) is 29.7 Å². The number of benzene rings is 2. The zero-order valence-electron chi connectivity index (χ0n) is 16.9. The molecule has 0 spiro atoms. The summed E-state index contributed by atoms with van der Waals surface area (Å²) in [5, 5.41) is 0. The number of H-pyrrole nitrogens is 1. The van der Waals surface area contributed by atoms with Gasteiger partial charge in [-0.3, -0.25) is 19.1 Å². The molecular formula is C22H24N4O4. The molecule has 3 N–H and O–H groups in total. The van der Waals surface area contributed by atoms with Gasteiger partial charge in [-0.2, -0.15) is 0 Å². The molecule has 0 atom stereocenters. The van der Waals surface area contributed by atoms with Crippen molar-refractivity contribution in [1.82, 2.24) is 9.55 Å². The minimum Gasteiger partial charge on any atom is -0.497 e. The topological polar surface area (TPSA) is 110 Å². The van der Waals surface area contributed by atoms with E-state index in [-0.39, 0.29) is 30.4 Å². The number of amides is 1. The molecule has 3 rings (SSSR count). The predicted molar refractivity (Wildman–Crippen MR) is 116 cm³/mol. The van der Waals surface area contributed by atoms with Crippen molar-refractivity contribution in [2.75, 3.05) is 24.8 Å². The highest BCUT2D eigenvalue weighted by atomic mass is 16.5. The van der Waals surface area contributed by atoms with Crippen molar-refractivity contribution in [3.63, 3.8) is 0 Å². The van der Waals surface area contributed by atoms with Crippen LogP contribution in [0.3, 0.4) is 0 Å². The number of carbonyl (C=O) groups excluding carboxylic acids is 1. The van der Waals surface area contributed by atoms with Crippen molar-refractivity contribution < 1.29 is 9.53 Å². The molecule has 2 aromatic carbocycles. The molecule has 0 unspecified atom stereocenters. The number of aryl methyl sites for hydroxylation is 1. The van der Waals surface area contributed by atoms with Crippen molar-refractivity contribution in [2.45, 2.75) is 19.4 Å².